The fourth-order valence-corrected chi connectivity index (χ4v) is 2.67. The normalized spacial score (nSPS) is 11.1. The van der Waals surface area contributed by atoms with Gasteiger partial charge in [-0.15, -0.1) is 0 Å². The Balaban J connectivity index is 2.22. The van der Waals surface area contributed by atoms with Crippen molar-refractivity contribution in [2.75, 3.05) is 32.1 Å². The summed E-state index contributed by atoms with van der Waals surface area (Å²) in [6, 6.07) is 12.3. The van der Waals surface area contributed by atoms with Gasteiger partial charge in [0.05, 0.1) is 6.07 Å². The van der Waals surface area contributed by atoms with Crippen molar-refractivity contribution in [1.29, 1.82) is 0 Å². The Morgan fingerprint density at radius 1 is 1.05 bits per heavy atom. The summed E-state index contributed by atoms with van der Waals surface area (Å²) >= 11 is 0. The Bertz CT molecular complexity index is 842. The first kappa shape index (κ1) is 14.6. The average molecular weight is 296 g/mol. The van der Waals surface area contributed by atoms with Gasteiger partial charge in [-0.05, 0) is 32.0 Å². The number of fused-ring (bicyclic) bond motifs is 2. The van der Waals surface area contributed by atoms with Crippen molar-refractivity contribution < 1.29 is 4.42 Å². The largest absolute Gasteiger partial charge is 0.452 e. The molecule has 0 radical (unpaired) electrons. The maximum absolute atomic E-state index is 6.10. The molecule has 0 atom stereocenters. The molecule has 0 saturated heterocycles. The van der Waals surface area contributed by atoms with Gasteiger partial charge in [-0.3, -0.25) is 0 Å². The third-order valence-corrected chi connectivity index (χ3v) is 3.99. The van der Waals surface area contributed by atoms with Gasteiger partial charge in [0.1, 0.15) is 25.3 Å². The summed E-state index contributed by atoms with van der Waals surface area (Å²) < 4.78 is 8.16. The van der Waals surface area contributed by atoms with E-state index in [2.05, 4.69) is 41.5 Å². The Morgan fingerprint density at radius 2 is 1.82 bits per heavy atom. The summed E-state index contributed by atoms with van der Waals surface area (Å²) in [5, 5.41) is 1.11. The van der Waals surface area contributed by atoms with Crippen LogP contribution < -0.4 is 14.8 Å². The van der Waals surface area contributed by atoms with Gasteiger partial charge in [0, 0.05) is 30.9 Å². The SMILES string of the molecule is CCN(CC)c1ccc2nc3ccc(=[N+](C)C)cc-3oc2c1. The standard InChI is InChI=1S/C18H22N3O/c1-5-21(6-2)14-8-10-16-18(12-14)22-17-11-13(20(3)4)7-9-15(17)19-16/h7-12H,5-6H2,1-4H3/q+1. The minimum Gasteiger partial charge on any atom is -0.452 e. The highest BCUT2D eigenvalue weighted by atomic mass is 16.3. The molecule has 1 aromatic rings. The van der Waals surface area contributed by atoms with Crippen LogP contribution in [0.3, 0.4) is 0 Å². The van der Waals surface area contributed by atoms with Crippen LogP contribution in [0.15, 0.2) is 40.8 Å². The fourth-order valence-electron chi connectivity index (χ4n) is 2.67. The number of aromatic nitrogens is 1. The van der Waals surface area contributed by atoms with Crippen LogP contribution in [0.4, 0.5) is 5.69 Å². The molecule has 22 heavy (non-hydrogen) atoms. The van der Waals surface area contributed by atoms with E-state index in [4.69, 9.17) is 9.40 Å². The monoisotopic (exact) mass is 296 g/mol. The van der Waals surface area contributed by atoms with E-state index in [9.17, 15) is 0 Å². The highest BCUT2D eigenvalue weighted by Crippen LogP contribution is 2.26. The molecule has 0 N–H and O–H groups in total. The second-order valence-corrected chi connectivity index (χ2v) is 5.58. The third-order valence-electron chi connectivity index (χ3n) is 3.99. The van der Waals surface area contributed by atoms with Gasteiger partial charge in [0.2, 0.25) is 5.36 Å². The maximum atomic E-state index is 6.10. The van der Waals surface area contributed by atoms with Crippen LogP contribution in [0.5, 0.6) is 0 Å². The molecule has 0 saturated carbocycles. The number of anilines is 1. The van der Waals surface area contributed by atoms with Gasteiger partial charge in [-0.2, -0.15) is 0 Å². The molecule has 0 amide bonds. The molecule has 0 spiro atoms. The summed E-state index contributed by atoms with van der Waals surface area (Å²) in [5.41, 5.74) is 3.77. The van der Waals surface area contributed by atoms with E-state index >= 15 is 0 Å². The van der Waals surface area contributed by atoms with Gasteiger partial charge in [-0.25, -0.2) is 9.56 Å². The zero-order valence-corrected chi connectivity index (χ0v) is 13.6. The quantitative estimate of drug-likeness (QED) is 0.550. The number of benzene rings is 2. The maximum Gasteiger partial charge on any atom is 0.203 e. The topological polar surface area (TPSA) is 32.3 Å². The van der Waals surface area contributed by atoms with Crippen LogP contribution in [0.1, 0.15) is 13.8 Å². The molecule has 3 rings (SSSR count). The van der Waals surface area contributed by atoms with Crippen LogP contribution in [0.25, 0.3) is 22.6 Å². The first-order valence-corrected chi connectivity index (χ1v) is 7.72. The Morgan fingerprint density at radius 3 is 2.50 bits per heavy atom. The fraction of sp³-hybridized carbons (Fsp3) is 0.333. The second-order valence-electron chi connectivity index (χ2n) is 5.58. The molecule has 1 heterocycles. The van der Waals surface area contributed by atoms with Crippen molar-refractivity contribution in [2.24, 2.45) is 0 Å². The molecule has 1 aliphatic carbocycles. The molecule has 4 heteroatoms. The molecular formula is C18H22N3O+. The zero-order chi connectivity index (χ0) is 15.7. The second kappa shape index (κ2) is 5.79. The highest BCUT2D eigenvalue weighted by molar-refractivity contribution is 5.80. The number of rotatable bonds is 3. The molecule has 0 bridgehead atoms. The summed E-state index contributed by atoms with van der Waals surface area (Å²) in [7, 11) is 4.04. The minimum absolute atomic E-state index is 0.815. The summed E-state index contributed by atoms with van der Waals surface area (Å²) in [5.74, 6) is 0.815. The lowest BCUT2D eigenvalue weighted by Crippen LogP contribution is -2.21. The molecule has 1 aromatic carbocycles. The van der Waals surface area contributed by atoms with Crippen LogP contribution in [-0.2, 0) is 0 Å². The lowest BCUT2D eigenvalue weighted by atomic mass is 10.2. The van der Waals surface area contributed by atoms with E-state index in [0.29, 0.717) is 0 Å². The van der Waals surface area contributed by atoms with Crippen LogP contribution >= 0.6 is 0 Å². The van der Waals surface area contributed by atoms with Crippen molar-refractivity contribution in [1.82, 2.24) is 9.56 Å². The Kier molecular flexibility index (Phi) is 3.84. The first-order valence-electron chi connectivity index (χ1n) is 7.72. The van der Waals surface area contributed by atoms with Crippen molar-refractivity contribution in [2.45, 2.75) is 13.8 Å². The van der Waals surface area contributed by atoms with E-state index in [1.165, 1.54) is 5.69 Å². The van der Waals surface area contributed by atoms with E-state index < -0.39 is 0 Å². The minimum atomic E-state index is 0.815. The zero-order valence-electron chi connectivity index (χ0n) is 13.6. The van der Waals surface area contributed by atoms with Crippen LogP contribution in [0.2, 0.25) is 0 Å². The lowest BCUT2D eigenvalue weighted by Gasteiger charge is -2.21. The van der Waals surface area contributed by atoms with Crippen LogP contribution in [-0.4, -0.2) is 32.2 Å². The van der Waals surface area contributed by atoms with E-state index in [-0.39, 0.29) is 0 Å². The highest BCUT2D eigenvalue weighted by Gasteiger charge is 2.12. The van der Waals surface area contributed by atoms with E-state index in [1.807, 2.05) is 32.3 Å². The Hall–Kier alpha value is -2.36. The lowest BCUT2D eigenvalue weighted by molar-refractivity contribution is 0.610. The average Bonchev–Trinajstić information content (AvgIpc) is 2.53. The summed E-state index contributed by atoms with van der Waals surface area (Å²) in [6.45, 7) is 6.28. The number of hydrogen-bond donors (Lipinski definition) is 0. The number of nitrogens with zero attached hydrogens (tertiary/aromatic N) is 3. The van der Waals surface area contributed by atoms with Crippen molar-refractivity contribution in [3.63, 3.8) is 0 Å². The molecule has 114 valence electrons. The third kappa shape index (κ3) is 2.56. The van der Waals surface area contributed by atoms with Gasteiger partial charge in [0.15, 0.2) is 11.3 Å². The predicted molar refractivity (Wildman–Crippen MR) is 91.3 cm³/mol. The van der Waals surface area contributed by atoms with E-state index in [0.717, 1.165) is 41.0 Å². The van der Waals surface area contributed by atoms with Gasteiger partial charge >= 0.3 is 0 Å². The van der Waals surface area contributed by atoms with Crippen molar-refractivity contribution in [3.05, 3.63) is 41.8 Å². The molecule has 0 fully saturated rings. The smallest absolute Gasteiger partial charge is 0.203 e. The summed E-state index contributed by atoms with van der Waals surface area (Å²) in [4.78, 5) is 7.00. The predicted octanol–water partition coefficient (Wildman–Crippen LogP) is 2.81. The van der Waals surface area contributed by atoms with Gasteiger partial charge in [-0.1, -0.05) is 0 Å². The van der Waals surface area contributed by atoms with Gasteiger partial charge < -0.3 is 9.32 Å². The van der Waals surface area contributed by atoms with Crippen LogP contribution in [0, 0.1) is 0 Å². The molecule has 1 aliphatic heterocycles. The Labute approximate surface area is 130 Å². The first-order chi connectivity index (χ1) is 10.6. The molecule has 4 nitrogen and oxygen atoms in total. The van der Waals surface area contributed by atoms with Crippen molar-refractivity contribution >= 4 is 16.8 Å². The van der Waals surface area contributed by atoms with E-state index in [1.54, 1.807) is 0 Å². The number of hydrogen-bond acceptors (Lipinski definition) is 3. The van der Waals surface area contributed by atoms with Crippen molar-refractivity contribution in [3.8, 4) is 11.5 Å². The molecule has 0 aromatic heterocycles. The summed E-state index contributed by atoms with van der Waals surface area (Å²) in [6.07, 6.45) is 0. The van der Waals surface area contributed by atoms with Gasteiger partial charge in [0.25, 0.3) is 0 Å². The molecule has 0 unspecified atom stereocenters. The molecule has 2 aliphatic rings. The molecular weight excluding hydrogens is 274 g/mol.